The Labute approximate surface area is 174 Å². The summed E-state index contributed by atoms with van der Waals surface area (Å²) in [5, 5.41) is 0.314. The number of hydrogen-bond acceptors (Lipinski definition) is 3. The summed E-state index contributed by atoms with van der Waals surface area (Å²) in [7, 11) is 0. The van der Waals surface area contributed by atoms with Crippen molar-refractivity contribution in [1.82, 2.24) is 4.90 Å². The Bertz CT molecular complexity index is 927. The molecule has 1 aliphatic carbocycles. The molecule has 1 aliphatic heterocycles. The third-order valence-electron chi connectivity index (χ3n) is 5.32. The first-order chi connectivity index (χ1) is 14.0. The summed E-state index contributed by atoms with van der Waals surface area (Å²) >= 11 is 6.15. The van der Waals surface area contributed by atoms with E-state index in [1.54, 1.807) is 34.9 Å². The third kappa shape index (κ3) is 4.08. The molecule has 2 aliphatic rings. The molecule has 2 aromatic carbocycles. The monoisotopic (exact) mass is 416 g/mol. The predicted octanol–water partition coefficient (Wildman–Crippen LogP) is 4.17. The highest BCUT2D eigenvalue weighted by atomic mass is 35.5. The molecule has 7 heteroatoms. The maximum Gasteiger partial charge on any atom is 0.267 e. The maximum atomic E-state index is 14.2. The van der Waals surface area contributed by atoms with Gasteiger partial charge in [-0.15, -0.1) is 0 Å². The van der Waals surface area contributed by atoms with Gasteiger partial charge in [0.05, 0.1) is 12.2 Å². The molecule has 1 saturated carbocycles. The van der Waals surface area contributed by atoms with Crippen LogP contribution in [0.15, 0.2) is 42.5 Å². The number of anilines is 1. The number of fused-ring (bicyclic) bond motifs is 1. The Morgan fingerprint density at radius 1 is 1.24 bits per heavy atom. The molecule has 1 atom stereocenters. The predicted molar refractivity (Wildman–Crippen MR) is 108 cm³/mol. The second-order valence-corrected chi connectivity index (χ2v) is 7.83. The molecule has 0 N–H and O–H groups in total. The lowest BCUT2D eigenvalue weighted by molar-refractivity contribution is -0.132. The number of para-hydroxylation sites is 2. The largest absolute Gasteiger partial charge is 0.479 e. The van der Waals surface area contributed by atoms with Gasteiger partial charge in [0, 0.05) is 29.6 Å². The minimum atomic E-state index is -0.600. The minimum Gasteiger partial charge on any atom is -0.479 e. The fourth-order valence-corrected chi connectivity index (χ4v) is 3.82. The van der Waals surface area contributed by atoms with Crippen LogP contribution >= 0.6 is 11.6 Å². The Morgan fingerprint density at radius 2 is 2.00 bits per heavy atom. The zero-order chi connectivity index (χ0) is 20.5. The number of halogens is 2. The Morgan fingerprint density at radius 3 is 2.72 bits per heavy atom. The summed E-state index contributed by atoms with van der Waals surface area (Å²) in [6, 6.07) is 11.9. The van der Waals surface area contributed by atoms with Crippen LogP contribution in [0, 0.1) is 5.82 Å². The van der Waals surface area contributed by atoms with Crippen LogP contribution in [0.2, 0.25) is 5.02 Å². The number of benzene rings is 2. The minimum absolute atomic E-state index is 0.102. The van der Waals surface area contributed by atoms with Gasteiger partial charge < -0.3 is 14.5 Å². The van der Waals surface area contributed by atoms with Gasteiger partial charge in [0.2, 0.25) is 5.91 Å². The lowest BCUT2D eigenvalue weighted by atomic mass is 10.1. The summed E-state index contributed by atoms with van der Waals surface area (Å²) in [5.74, 6) is -0.0749. The van der Waals surface area contributed by atoms with E-state index in [1.165, 1.54) is 6.07 Å². The smallest absolute Gasteiger partial charge is 0.267 e. The van der Waals surface area contributed by atoms with E-state index >= 15 is 0 Å². The molecule has 29 heavy (non-hydrogen) atoms. The molecule has 0 radical (unpaired) electrons. The van der Waals surface area contributed by atoms with Gasteiger partial charge in [0.15, 0.2) is 6.10 Å². The molecule has 5 nitrogen and oxygen atoms in total. The first-order valence-electron chi connectivity index (χ1n) is 9.75. The highest BCUT2D eigenvalue weighted by molar-refractivity contribution is 6.31. The number of carbonyl (C=O) groups excluding carboxylic acids is 2. The lowest BCUT2D eigenvalue weighted by Crippen LogP contribution is -2.46. The third-order valence-corrected chi connectivity index (χ3v) is 5.68. The number of nitrogens with zero attached hydrogens (tertiary/aromatic N) is 2. The summed E-state index contributed by atoms with van der Waals surface area (Å²) in [6.45, 7) is 2.08. The second-order valence-electron chi connectivity index (χ2n) is 7.42. The fourth-order valence-electron chi connectivity index (χ4n) is 3.60. The van der Waals surface area contributed by atoms with Crippen LogP contribution in [0.1, 0.15) is 31.7 Å². The molecular weight excluding hydrogens is 395 g/mol. The van der Waals surface area contributed by atoms with Gasteiger partial charge in [-0.3, -0.25) is 9.59 Å². The van der Waals surface area contributed by atoms with Crippen LogP contribution in [-0.2, 0) is 16.1 Å². The molecule has 1 unspecified atom stereocenters. The van der Waals surface area contributed by atoms with Gasteiger partial charge in [-0.25, -0.2) is 4.39 Å². The zero-order valence-electron chi connectivity index (χ0n) is 16.1. The molecule has 152 valence electrons. The van der Waals surface area contributed by atoms with Gasteiger partial charge in [0.1, 0.15) is 11.6 Å². The van der Waals surface area contributed by atoms with Gasteiger partial charge in [-0.2, -0.15) is 0 Å². The zero-order valence-corrected chi connectivity index (χ0v) is 16.9. The molecule has 2 aromatic rings. The van der Waals surface area contributed by atoms with Crippen molar-refractivity contribution in [2.24, 2.45) is 0 Å². The Balaban J connectivity index is 1.49. The van der Waals surface area contributed by atoms with Gasteiger partial charge in [0.25, 0.3) is 5.91 Å². The molecule has 1 fully saturated rings. The van der Waals surface area contributed by atoms with E-state index in [0.717, 1.165) is 12.8 Å². The van der Waals surface area contributed by atoms with Crippen LogP contribution in [0.4, 0.5) is 10.1 Å². The first kappa shape index (κ1) is 19.7. The lowest BCUT2D eigenvalue weighted by Gasteiger charge is -2.33. The average molecular weight is 417 g/mol. The van der Waals surface area contributed by atoms with E-state index in [4.69, 9.17) is 16.3 Å². The van der Waals surface area contributed by atoms with Crippen molar-refractivity contribution in [3.8, 4) is 5.75 Å². The Hall–Kier alpha value is -2.60. The second kappa shape index (κ2) is 8.03. The molecular formula is C22H22ClFN2O3. The molecule has 0 saturated heterocycles. The van der Waals surface area contributed by atoms with Gasteiger partial charge in [-0.1, -0.05) is 29.8 Å². The SMILES string of the molecule is CC1Oc2ccccc2N(CCC(=O)N(Cc2c(F)cccc2Cl)C2CC2)C1=O. The highest BCUT2D eigenvalue weighted by Crippen LogP contribution is 2.35. The van der Waals surface area contributed by atoms with E-state index in [1.807, 2.05) is 18.2 Å². The Kier molecular flexibility index (Phi) is 5.46. The van der Waals surface area contributed by atoms with Crippen molar-refractivity contribution >= 4 is 29.1 Å². The maximum absolute atomic E-state index is 14.2. The molecule has 2 amide bonds. The summed E-state index contributed by atoms with van der Waals surface area (Å²) in [4.78, 5) is 28.9. The van der Waals surface area contributed by atoms with Gasteiger partial charge in [-0.05, 0) is 44.0 Å². The highest BCUT2D eigenvalue weighted by Gasteiger charge is 2.35. The van der Waals surface area contributed by atoms with Crippen molar-refractivity contribution in [3.05, 3.63) is 58.9 Å². The van der Waals surface area contributed by atoms with Crippen LogP contribution in [0.5, 0.6) is 5.75 Å². The first-order valence-corrected chi connectivity index (χ1v) is 10.1. The van der Waals surface area contributed by atoms with Crippen LogP contribution in [-0.4, -0.2) is 35.4 Å². The van der Waals surface area contributed by atoms with E-state index in [2.05, 4.69) is 0 Å². The van der Waals surface area contributed by atoms with E-state index in [-0.39, 0.29) is 37.4 Å². The van der Waals surface area contributed by atoms with E-state index < -0.39 is 11.9 Å². The van der Waals surface area contributed by atoms with Crippen LogP contribution in [0.3, 0.4) is 0 Å². The van der Waals surface area contributed by atoms with E-state index in [9.17, 15) is 14.0 Å². The van der Waals surface area contributed by atoms with Crippen molar-refractivity contribution in [1.29, 1.82) is 0 Å². The van der Waals surface area contributed by atoms with Crippen molar-refractivity contribution in [2.45, 2.75) is 44.9 Å². The van der Waals surface area contributed by atoms with Crippen molar-refractivity contribution in [2.75, 3.05) is 11.4 Å². The molecule has 0 aromatic heterocycles. The molecule has 4 rings (SSSR count). The average Bonchev–Trinajstić information content (AvgIpc) is 3.53. The topological polar surface area (TPSA) is 49.9 Å². The normalized spacial score (nSPS) is 18.2. The number of hydrogen-bond donors (Lipinski definition) is 0. The molecule has 1 heterocycles. The van der Waals surface area contributed by atoms with Crippen molar-refractivity contribution in [3.63, 3.8) is 0 Å². The number of carbonyl (C=O) groups is 2. The van der Waals surface area contributed by atoms with Crippen LogP contribution in [0.25, 0.3) is 0 Å². The quantitative estimate of drug-likeness (QED) is 0.710. The number of ether oxygens (including phenoxy) is 1. The van der Waals surface area contributed by atoms with Crippen molar-refractivity contribution < 1.29 is 18.7 Å². The summed E-state index contributed by atoms with van der Waals surface area (Å²) < 4.78 is 19.8. The van der Waals surface area contributed by atoms with E-state index in [0.29, 0.717) is 22.0 Å². The standard InChI is InChI=1S/C22H22ClFN2O3/c1-14-22(28)25(19-7-2-3-8-20(19)29-14)12-11-21(27)26(15-9-10-15)13-16-17(23)5-4-6-18(16)24/h2-8,14-15H,9-13H2,1H3. The van der Waals surface area contributed by atoms with Crippen LogP contribution < -0.4 is 9.64 Å². The molecule has 0 bridgehead atoms. The summed E-state index contributed by atoms with van der Waals surface area (Å²) in [6.07, 6.45) is 1.34. The fraction of sp³-hybridized carbons (Fsp3) is 0.364. The number of rotatable bonds is 6. The van der Waals surface area contributed by atoms with Gasteiger partial charge >= 0.3 is 0 Å². The summed E-state index contributed by atoms with van der Waals surface area (Å²) in [5.41, 5.74) is 0.995. The number of amides is 2. The molecule has 0 spiro atoms.